The summed E-state index contributed by atoms with van der Waals surface area (Å²) in [4.78, 5) is 1.41. The molecule has 0 radical (unpaired) electrons. The summed E-state index contributed by atoms with van der Waals surface area (Å²) in [6.07, 6.45) is 2.95. The molecule has 0 amide bonds. The van der Waals surface area contributed by atoms with Gasteiger partial charge in [0, 0.05) is 33.6 Å². The van der Waals surface area contributed by atoms with Crippen LogP contribution >= 0.6 is 39.0 Å². The summed E-state index contributed by atoms with van der Waals surface area (Å²) in [5, 5.41) is 5.62. The van der Waals surface area contributed by atoms with E-state index in [1.807, 2.05) is 11.3 Å². The van der Waals surface area contributed by atoms with Crippen molar-refractivity contribution in [3.8, 4) is 0 Å². The molecular weight excluding hydrogens is 290 g/mol. The highest BCUT2D eigenvalue weighted by Gasteiger charge is 2.20. The van der Waals surface area contributed by atoms with Crippen LogP contribution in [0.3, 0.4) is 0 Å². The van der Waals surface area contributed by atoms with Gasteiger partial charge in [-0.15, -0.1) is 11.3 Å². The molecule has 0 bridgehead atoms. The smallest absolute Gasteiger partial charge is 0.0300 e. The fourth-order valence-electron chi connectivity index (χ4n) is 1.34. The van der Waals surface area contributed by atoms with E-state index in [-0.39, 0.29) is 0 Å². The Balaban J connectivity index is 1.47. The van der Waals surface area contributed by atoms with Crippen molar-refractivity contribution >= 4 is 39.0 Å². The molecule has 0 atom stereocenters. The fraction of sp³-hybridized carbons (Fsp3) is 0.636. The summed E-state index contributed by atoms with van der Waals surface area (Å²) in [6.45, 7) is 2.15. The number of hydrogen-bond acceptors (Lipinski definition) is 3. The summed E-state index contributed by atoms with van der Waals surface area (Å²) in [6, 6.07) is 2.19. The zero-order valence-electron chi connectivity index (χ0n) is 8.67. The van der Waals surface area contributed by atoms with E-state index in [2.05, 4.69) is 44.5 Å². The highest BCUT2D eigenvalue weighted by Crippen LogP contribution is 2.32. The Labute approximate surface area is 108 Å². The first-order chi connectivity index (χ1) is 7.34. The zero-order valence-corrected chi connectivity index (χ0v) is 11.9. The van der Waals surface area contributed by atoms with Gasteiger partial charge in [0.1, 0.15) is 0 Å². The molecule has 1 aliphatic carbocycles. The molecule has 0 unspecified atom stereocenters. The van der Waals surface area contributed by atoms with Crippen LogP contribution in [0, 0.1) is 5.92 Å². The maximum atomic E-state index is 3.48. The highest BCUT2D eigenvalue weighted by molar-refractivity contribution is 9.10. The Kier molecular flexibility index (Phi) is 5.01. The molecule has 0 aliphatic heterocycles. The van der Waals surface area contributed by atoms with Crippen molar-refractivity contribution in [2.45, 2.75) is 19.4 Å². The van der Waals surface area contributed by atoms with Crippen LogP contribution in [0.25, 0.3) is 0 Å². The van der Waals surface area contributed by atoms with Crippen molar-refractivity contribution in [1.29, 1.82) is 0 Å². The largest absolute Gasteiger partial charge is 0.311 e. The first-order valence-electron chi connectivity index (χ1n) is 5.36. The minimum Gasteiger partial charge on any atom is -0.311 e. The summed E-state index contributed by atoms with van der Waals surface area (Å²) in [5.74, 6) is 3.69. The molecule has 0 spiro atoms. The van der Waals surface area contributed by atoms with E-state index in [1.54, 1.807) is 0 Å². The number of thiophene rings is 1. The molecular formula is C11H16BrNS2. The minimum absolute atomic E-state index is 1.01. The molecule has 1 fully saturated rings. The number of halogens is 1. The second-order valence-electron chi connectivity index (χ2n) is 3.93. The van der Waals surface area contributed by atoms with E-state index in [0.29, 0.717) is 0 Å². The van der Waals surface area contributed by atoms with Gasteiger partial charge in [0.25, 0.3) is 0 Å². The van der Waals surface area contributed by atoms with Gasteiger partial charge in [-0.25, -0.2) is 0 Å². The van der Waals surface area contributed by atoms with Crippen molar-refractivity contribution in [3.63, 3.8) is 0 Å². The first-order valence-corrected chi connectivity index (χ1v) is 8.18. The van der Waals surface area contributed by atoms with Gasteiger partial charge in [0.05, 0.1) is 0 Å². The van der Waals surface area contributed by atoms with Gasteiger partial charge in [0.15, 0.2) is 0 Å². The van der Waals surface area contributed by atoms with Crippen molar-refractivity contribution in [3.05, 3.63) is 20.8 Å². The van der Waals surface area contributed by atoms with Gasteiger partial charge in [-0.2, -0.15) is 11.8 Å². The van der Waals surface area contributed by atoms with E-state index < -0.39 is 0 Å². The van der Waals surface area contributed by atoms with E-state index >= 15 is 0 Å². The zero-order chi connectivity index (χ0) is 10.5. The Morgan fingerprint density at radius 2 is 2.40 bits per heavy atom. The molecule has 4 heteroatoms. The Bertz CT molecular complexity index is 297. The third kappa shape index (κ3) is 4.89. The third-order valence-electron chi connectivity index (χ3n) is 2.39. The normalized spacial score (nSPS) is 15.8. The van der Waals surface area contributed by atoms with Crippen molar-refractivity contribution in [1.82, 2.24) is 5.32 Å². The second-order valence-corrected chi connectivity index (χ2v) is 6.99. The van der Waals surface area contributed by atoms with Gasteiger partial charge in [-0.1, -0.05) is 0 Å². The Morgan fingerprint density at radius 3 is 3.07 bits per heavy atom. The van der Waals surface area contributed by atoms with Crippen LogP contribution in [0.4, 0.5) is 0 Å². The van der Waals surface area contributed by atoms with Gasteiger partial charge in [-0.3, -0.25) is 0 Å². The van der Waals surface area contributed by atoms with E-state index in [0.717, 1.165) is 19.0 Å². The summed E-state index contributed by atoms with van der Waals surface area (Å²) in [5.41, 5.74) is 0. The average Bonchev–Trinajstić information content (AvgIpc) is 2.95. The van der Waals surface area contributed by atoms with Crippen LogP contribution in [0.15, 0.2) is 15.9 Å². The number of thioether (sulfide) groups is 1. The predicted octanol–water partition coefficient (Wildman–Crippen LogP) is 3.74. The number of rotatable bonds is 7. The maximum Gasteiger partial charge on any atom is 0.0300 e. The number of nitrogens with one attached hydrogen (secondary N) is 1. The standard InChI is InChI=1S/C11H16BrNS2/c12-10-5-11(15-8-10)6-13-3-4-14-7-9-1-2-9/h5,8-9,13H,1-4,6-7H2. The topological polar surface area (TPSA) is 12.0 Å². The van der Waals surface area contributed by atoms with E-state index in [9.17, 15) is 0 Å². The van der Waals surface area contributed by atoms with Crippen LogP contribution in [0.1, 0.15) is 17.7 Å². The monoisotopic (exact) mass is 305 g/mol. The lowest BCUT2D eigenvalue weighted by Gasteiger charge is -2.02. The molecule has 0 aromatic carbocycles. The van der Waals surface area contributed by atoms with Gasteiger partial charge in [0.2, 0.25) is 0 Å². The lowest BCUT2D eigenvalue weighted by molar-refractivity contribution is 0.740. The molecule has 1 nitrogen and oxygen atoms in total. The van der Waals surface area contributed by atoms with Gasteiger partial charge in [-0.05, 0) is 46.5 Å². The molecule has 1 aromatic rings. The van der Waals surface area contributed by atoms with Crippen LogP contribution in [-0.4, -0.2) is 18.1 Å². The lowest BCUT2D eigenvalue weighted by Crippen LogP contribution is -2.16. The SMILES string of the molecule is Brc1csc(CNCCSCC2CC2)c1. The summed E-state index contributed by atoms with van der Waals surface area (Å²) >= 11 is 7.38. The van der Waals surface area contributed by atoms with E-state index in [1.165, 1.54) is 33.7 Å². The van der Waals surface area contributed by atoms with Crippen molar-refractivity contribution in [2.75, 3.05) is 18.1 Å². The Morgan fingerprint density at radius 1 is 1.53 bits per heavy atom. The van der Waals surface area contributed by atoms with Gasteiger partial charge >= 0.3 is 0 Å². The van der Waals surface area contributed by atoms with Crippen LogP contribution in [0.2, 0.25) is 0 Å². The average molecular weight is 306 g/mol. The number of hydrogen-bond donors (Lipinski definition) is 1. The van der Waals surface area contributed by atoms with E-state index in [4.69, 9.17) is 0 Å². The molecule has 2 rings (SSSR count). The van der Waals surface area contributed by atoms with Crippen LogP contribution in [-0.2, 0) is 6.54 Å². The molecule has 1 aromatic heterocycles. The van der Waals surface area contributed by atoms with Crippen molar-refractivity contribution < 1.29 is 0 Å². The molecule has 1 N–H and O–H groups in total. The van der Waals surface area contributed by atoms with Gasteiger partial charge < -0.3 is 5.32 Å². The minimum atomic E-state index is 1.01. The fourth-order valence-corrected chi connectivity index (χ4v) is 3.88. The second kappa shape index (κ2) is 6.28. The third-order valence-corrected chi connectivity index (χ3v) is 5.29. The molecule has 0 saturated heterocycles. The van der Waals surface area contributed by atoms with Crippen molar-refractivity contribution in [2.24, 2.45) is 5.92 Å². The molecule has 1 heterocycles. The first kappa shape index (κ1) is 12.0. The molecule has 15 heavy (non-hydrogen) atoms. The quantitative estimate of drug-likeness (QED) is 0.770. The summed E-state index contributed by atoms with van der Waals surface area (Å²) in [7, 11) is 0. The predicted molar refractivity (Wildman–Crippen MR) is 73.8 cm³/mol. The van der Waals surface area contributed by atoms with Crippen LogP contribution in [0.5, 0.6) is 0 Å². The maximum absolute atomic E-state index is 3.48. The lowest BCUT2D eigenvalue weighted by atomic mass is 10.4. The molecule has 84 valence electrons. The Hall–Kier alpha value is 0.490. The molecule has 1 aliphatic rings. The molecule has 1 saturated carbocycles. The summed E-state index contributed by atoms with van der Waals surface area (Å²) < 4.78 is 1.20. The highest BCUT2D eigenvalue weighted by atomic mass is 79.9. The van der Waals surface area contributed by atoms with Crippen LogP contribution < -0.4 is 5.32 Å².